The zero-order valence-electron chi connectivity index (χ0n) is 16.4. The van der Waals surface area contributed by atoms with E-state index >= 15 is 0 Å². The molecule has 3 N–H and O–H groups in total. The second kappa shape index (κ2) is 7.22. The van der Waals surface area contributed by atoms with E-state index in [2.05, 4.69) is 25.6 Å². The number of carbonyl (C=O) groups is 2. The van der Waals surface area contributed by atoms with Gasteiger partial charge in [-0.1, -0.05) is 11.8 Å². The predicted molar refractivity (Wildman–Crippen MR) is 110 cm³/mol. The van der Waals surface area contributed by atoms with Crippen molar-refractivity contribution in [2.24, 2.45) is 0 Å². The van der Waals surface area contributed by atoms with E-state index < -0.39 is 28.4 Å². The molecule has 0 spiro atoms. The molecule has 2 heterocycles. The number of carbonyl (C=O) groups excluding carboxylic acids is 2. The molecule has 1 unspecified atom stereocenters. The molecular weight excluding hydrogens is 408 g/mol. The Labute approximate surface area is 175 Å². The smallest absolute Gasteiger partial charge is 0.330 e. The highest BCUT2D eigenvalue weighted by atomic mass is 32.2. The average Bonchev–Trinajstić information content (AvgIpc) is 3.52. The summed E-state index contributed by atoms with van der Waals surface area (Å²) >= 11 is 1.10. The van der Waals surface area contributed by atoms with Crippen LogP contribution in [-0.2, 0) is 4.79 Å². The monoisotopic (exact) mass is 430 g/mol. The number of thioether (sulfide) groups is 1. The number of amides is 3. The Morgan fingerprint density at radius 1 is 1.13 bits per heavy atom. The van der Waals surface area contributed by atoms with Crippen LogP contribution >= 0.6 is 11.8 Å². The largest absolute Gasteiger partial charge is 0.335 e. The van der Waals surface area contributed by atoms with Gasteiger partial charge in [0.25, 0.3) is 5.56 Å². The summed E-state index contributed by atoms with van der Waals surface area (Å²) in [7, 11) is 0. The lowest BCUT2D eigenvalue weighted by Crippen LogP contribution is -2.43. The van der Waals surface area contributed by atoms with Gasteiger partial charge in [-0.3, -0.25) is 24.5 Å². The quantitative estimate of drug-likeness (QED) is 0.462. The maximum atomic E-state index is 12.6. The summed E-state index contributed by atoms with van der Waals surface area (Å²) in [5.41, 5.74) is -0.686. The summed E-state index contributed by atoms with van der Waals surface area (Å²) in [5.74, 6) is 0.345. The Bertz CT molecular complexity index is 1160. The molecule has 3 aliphatic carbocycles. The SMILES string of the molecule is CC(Sc1nc(C2CC2)nc2c1c(=O)[nH]c(=O)n2C1CC1)C(=O)NC(=O)NC1CC1. The molecule has 3 fully saturated rings. The third kappa shape index (κ3) is 3.85. The van der Waals surface area contributed by atoms with E-state index in [0.29, 0.717) is 16.5 Å². The molecule has 2 aromatic rings. The molecule has 0 saturated heterocycles. The van der Waals surface area contributed by atoms with Crippen LogP contribution in [0, 0.1) is 0 Å². The van der Waals surface area contributed by atoms with Gasteiger partial charge in [0.2, 0.25) is 5.91 Å². The first-order chi connectivity index (χ1) is 14.4. The molecule has 30 heavy (non-hydrogen) atoms. The standard InChI is InChI=1S/C19H22N6O4S/c1-8(15(26)23-18(28)20-10-4-5-10)30-17-12-14(21-13(22-17)9-2-3-9)25(11-6-7-11)19(29)24-16(12)27/h8-11H,2-7H2,1H3,(H,24,27,29)(H2,20,23,26,28). The molecule has 3 aliphatic rings. The second-order valence-electron chi connectivity index (χ2n) is 8.22. The normalized spacial score (nSPS) is 19.5. The number of hydrogen-bond donors (Lipinski definition) is 3. The molecule has 0 bridgehead atoms. The highest BCUT2D eigenvalue weighted by Crippen LogP contribution is 2.41. The second-order valence-corrected chi connectivity index (χ2v) is 9.55. The summed E-state index contributed by atoms with van der Waals surface area (Å²) < 4.78 is 1.54. The van der Waals surface area contributed by atoms with Crippen molar-refractivity contribution in [3.63, 3.8) is 0 Å². The van der Waals surface area contributed by atoms with Gasteiger partial charge in [-0.25, -0.2) is 19.6 Å². The van der Waals surface area contributed by atoms with Crippen molar-refractivity contribution >= 4 is 34.7 Å². The molecule has 1 atom stereocenters. The Morgan fingerprint density at radius 3 is 2.50 bits per heavy atom. The van der Waals surface area contributed by atoms with Gasteiger partial charge in [0.15, 0.2) is 5.65 Å². The summed E-state index contributed by atoms with van der Waals surface area (Å²) in [6.07, 6.45) is 5.50. The number of H-pyrrole nitrogens is 1. The number of imide groups is 1. The van der Waals surface area contributed by atoms with E-state index in [-0.39, 0.29) is 23.4 Å². The third-order valence-corrected chi connectivity index (χ3v) is 6.52. The summed E-state index contributed by atoms with van der Waals surface area (Å²) in [4.78, 5) is 60.9. The zero-order chi connectivity index (χ0) is 21.0. The molecule has 0 aromatic carbocycles. The molecule has 3 saturated carbocycles. The van der Waals surface area contributed by atoms with Crippen LogP contribution in [0.5, 0.6) is 0 Å². The topological polar surface area (TPSA) is 139 Å². The molecule has 11 heteroatoms. The van der Waals surface area contributed by atoms with E-state index in [1.54, 1.807) is 11.5 Å². The maximum absolute atomic E-state index is 12.6. The van der Waals surface area contributed by atoms with Crippen molar-refractivity contribution in [3.05, 3.63) is 26.7 Å². The average molecular weight is 430 g/mol. The number of aromatic amines is 1. The molecule has 2 aromatic heterocycles. The molecule has 5 rings (SSSR count). The Kier molecular flexibility index (Phi) is 4.64. The van der Waals surface area contributed by atoms with Crippen LogP contribution in [0.4, 0.5) is 4.79 Å². The van der Waals surface area contributed by atoms with Crippen molar-refractivity contribution in [3.8, 4) is 0 Å². The van der Waals surface area contributed by atoms with Crippen LogP contribution in [0.25, 0.3) is 11.0 Å². The van der Waals surface area contributed by atoms with Gasteiger partial charge in [0.1, 0.15) is 16.2 Å². The zero-order valence-corrected chi connectivity index (χ0v) is 17.3. The predicted octanol–water partition coefficient (Wildman–Crippen LogP) is 1.16. The van der Waals surface area contributed by atoms with Crippen LogP contribution in [0.1, 0.15) is 63.2 Å². The van der Waals surface area contributed by atoms with E-state index in [1.165, 1.54) is 0 Å². The highest BCUT2D eigenvalue weighted by Gasteiger charge is 2.33. The van der Waals surface area contributed by atoms with Crippen LogP contribution in [0.2, 0.25) is 0 Å². The first-order valence-electron chi connectivity index (χ1n) is 10.2. The molecule has 0 radical (unpaired) electrons. The Balaban J connectivity index is 1.49. The number of nitrogens with one attached hydrogen (secondary N) is 3. The lowest BCUT2D eigenvalue weighted by molar-refractivity contribution is -0.119. The number of fused-ring (bicyclic) bond motifs is 1. The van der Waals surface area contributed by atoms with E-state index in [4.69, 9.17) is 0 Å². The first kappa shape index (κ1) is 19.3. The minimum Gasteiger partial charge on any atom is -0.335 e. The van der Waals surface area contributed by atoms with Crippen molar-refractivity contribution in [2.75, 3.05) is 0 Å². The summed E-state index contributed by atoms with van der Waals surface area (Å²) in [6, 6.07) is -0.338. The van der Waals surface area contributed by atoms with Crippen molar-refractivity contribution < 1.29 is 9.59 Å². The van der Waals surface area contributed by atoms with Gasteiger partial charge in [-0.15, -0.1) is 0 Å². The minimum atomic E-state index is -0.666. The fourth-order valence-corrected chi connectivity index (χ4v) is 4.25. The third-order valence-electron chi connectivity index (χ3n) is 5.43. The minimum absolute atomic E-state index is 0.0310. The first-order valence-corrected chi connectivity index (χ1v) is 11.1. The van der Waals surface area contributed by atoms with Gasteiger partial charge >= 0.3 is 11.7 Å². The fraction of sp³-hybridized carbons (Fsp3) is 0.579. The highest BCUT2D eigenvalue weighted by molar-refractivity contribution is 8.00. The number of nitrogens with zero attached hydrogens (tertiary/aromatic N) is 3. The number of rotatable bonds is 6. The van der Waals surface area contributed by atoms with Crippen LogP contribution in [0.15, 0.2) is 14.6 Å². The van der Waals surface area contributed by atoms with Crippen LogP contribution in [0.3, 0.4) is 0 Å². The number of urea groups is 1. The van der Waals surface area contributed by atoms with Gasteiger partial charge < -0.3 is 5.32 Å². The van der Waals surface area contributed by atoms with Crippen molar-refractivity contribution in [1.29, 1.82) is 0 Å². The fourth-order valence-electron chi connectivity index (χ4n) is 3.30. The Hall–Kier alpha value is -2.69. The van der Waals surface area contributed by atoms with Crippen LogP contribution in [-0.4, -0.2) is 42.7 Å². The number of aromatic nitrogens is 4. The van der Waals surface area contributed by atoms with E-state index in [9.17, 15) is 19.2 Å². The summed E-state index contributed by atoms with van der Waals surface area (Å²) in [5, 5.41) is 4.97. The Morgan fingerprint density at radius 2 is 1.87 bits per heavy atom. The molecule has 3 amide bonds. The van der Waals surface area contributed by atoms with Gasteiger partial charge in [-0.05, 0) is 45.4 Å². The van der Waals surface area contributed by atoms with Crippen molar-refractivity contribution in [2.45, 2.75) is 73.7 Å². The van der Waals surface area contributed by atoms with E-state index in [0.717, 1.165) is 50.3 Å². The molecular formula is C19H22N6O4S. The maximum Gasteiger partial charge on any atom is 0.330 e. The lowest BCUT2D eigenvalue weighted by Gasteiger charge is -2.15. The van der Waals surface area contributed by atoms with E-state index in [1.807, 2.05) is 0 Å². The van der Waals surface area contributed by atoms with Gasteiger partial charge in [0, 0.05) is 18.0 Å². The lowest BCUT2D eigenvalue weighted by atomic mass is 10.3. The molecule has 0 aliphatic heterocycles. The van der Waals surface area contributed by atoms with Gasteiger partial charge in [0.05, 0.1) is 5.25 Å². The molecule has 10 nitrogen and oxygen atoms in total. The molecule has 158 valence electrons. The summed E-state index contributed by atoms with van der Waals surface area (Å²) in [6.45, 7) is 1.65. The van der Waals surface area contributed by atoms with Crippen LogP contribution < -0.4 is 21.9 Å². The van der Waals surface area contributed by atoms with Gasteiger partial charge in [-0.2, -0.15) is 0 Å². The van der Waals surface area contributed by atoms with Crippen molar-refractivity contribution in [1.82, 2.24) is 30.2 Å². The number of hydrogen-bond acceptors (Lipinski definition) is 7.